The molecule has 136 valence electrons. The number of carbonyl (C=O) groups excluding carboxylic acids is 1. The molecule has 0 saturated carbocycles. The predicted octanol–water partition coefficient (Wildman–Crippen LogP) is 4.81. The van der Waals surface area contributed by atoms with Gasteiger partial charge in [-0.05, 0) is 55.7 Å². The van der Waals surface area contributed by atoms with Gasteiger partial charge in [0.25, 0.3) is 0 Å². The van der Waals surface area contributed by atoms with Crippen LogP contribution in [0.5, 0.6) is 17.2 Å². The Morgan fingerprint density at radius 1 is 1.04 bits per heavy atom. The van der Waals surface area contributed by atoms with E-state index in [9.17, 15) is 9.90 Å². The molecule has 0 unspecified atom stereocenters. The molecule has 4 heteroatoms. The van der Waals surface area contributed by atoms with Crippen LogP contribution in [0.15, 0.2) is 54.1 Å². The third-order valence-electron chi connectivity index (χ3n) is 3.92. The van der Waals surface area contributed by atoms with Crippen molar-refractivity contribution in [2.75, 3.05) is 14.2 Å². The quantitative estimate of drug-likeness (QED) is 0.441. The van der Waals surface area contributed by atoms with E-state index in [0.29, 0.717) is 23.5 Å². The number of carbonyl (C=O) groups is 1. The summed E-state index contributed by atoms with van der Waals surface area (Å²) in [4.78, 5) is 12.7. The monoisotopic (exact) mass is 352 g/mol. The number of hydrogen-bond acceptors (Lipinski definition) is 4. The maximum absolute atomic E-state index is 12.7. The molecule has 0 aromatic heterocycles. The van der Waals surface area contributed by atoms with Crippen molar-refractivity contribution >= 4 is 11.9 Å². The van der Waals surface area contributed by atoms with Crippen molar-refractivity contribution in [2.24, 2.45) is 0 Å². The van der Waals surface area contributed by atoms with Crippen LogP contribution in [0, 0.1) is 0 Å². The topological polar surface area (TPSA) is 55.8 Å². The van der Waals surface area contributed by atoms with Crippen LogP contribution in [0.1, 0.15) is 35.3 Å². The first-order valence-corrected chi connectivity index (χ1v) is 8.34. The van der Waals surface area contributed by atoms with Crippen molar-refractivity contribution < 1.29 is 19.4 Å². The van der Waals surface area contributed by atoms with E-state index >= 15 is 0 Å². The minimum Gasteiger partial charge on any atom is -0.508 e. The Morgan fingerprint density at radius 2 is 1.69 bits per heavy atom. The van der Waals surface area contributed by atoms with Crippen molar-refractivity contribution in [1.82, 2.24) is 0 Å². The Balaban J connectivity index is 2.36. The summed E-state index contributed by atoms with van der Waals surface area (Å²) < 4.78 is 10.8. The SMILES string of the molecule is COc1cc(OC)c(C(=O)/C=C/c2ccc(O)cc2)cc1CC=C(C)C. The van der Waals surface area contributed by atoms with Crippen molar-refractivity contribution in [3.8, 4) is 17.2 Å². The maximum atomic E-state index is 12.7. The normalized spacial score (nSPS) is 10.6. The van der Waals surface area contributed by atoms with Gasteiger partial charge in [0.05, 0.1) is 19.8 Å². The van der Waals surface area contributed by atoms with Crippen LogP contribution in [0.3, 0.4) is 0 Å². The number of methoxy groups -OCH3 is 2. The van der Waals surface area contributed by atoms with E-state index in [1.807, 2.05) is 19.9 Å². The molecule has 0 heterocycles. The molecular weight excluding hydrogens is 328 g/mol. The van der Waals surface area contributed by atoms with Crippen LogP contribution < -0.4 is 9.47 Å². The number of ether oxygens (including phenoxy) is 2. The molecule has 0 radical (unpaired) electrons. The molecular formula is C22H24O4. The standard InChI is InChI=1S/C22H24O4/c1-15(2)5-9-17-13-19(22(26-4)14-21(17)25-3)20(24)12-8-16-6-10-18(23)11-7-16/h5-8,10-14,23H,9H2,1-4H3/b12-8+. The minimum absolute atomic E-state index is 0.156. The number of phenolic OH excluding ortho intramolecular Hbond substituents is 1. The molecule has 0 aliphatic carbocycles. The smallest absolute Gasteiger partial charge is 0.189 e. The average molecular weight is 352 g/mol. The number of ketones is 1. The lowest BCUT2D eigenvalue weighted by Gasteiger charge is -2.13. The van der Waals surface area contributed by atoms with Crippen LogP contribution in [0.4, 0.5) is 0 Å². The number of aromatic hydroxyl groups is 1. The third kappa shape index (κ3) is 4.99. The Morgan fingerprint density at radius 3 is 2.27 bits per heavy atom. The first-order chi connectivity index (χ1) is 12.4. The van der Waals surface area contributed by atoms with E-state index in [-0.39, 0.29) is 11.5 Å². The van der Waals surface area contributed by atoms with E-state index in [2.05, 4.69) is 6.08 Å². The van der Waals surface area contributed by atoms with E-state index in [1.54, 1.807) is 43.5 Å². The molecule has 0 aliphatic rings. The van der Waals surface area contributed by atoms with Crippen molar-refractivity contribution in [1.29, 1.82) is 0 Å². The molecule has 0 saturated heterocycles. The number of benzene rings is 2. The van der Waals surface area contributed by atoms with Crippen LogP contribution in [-0.4, -0.2) is 25.1 Å². The van der Waals surface area contributed by atoms with Gasteiger partial charge in [-0.3, -0.25) is 4.79 Å². The molecule has 2 rings (SSSR count). The van der Waals surface area contributed by atoms with Gasteiger partial charge in [0, 0.05) is 6.07 Å². The van der Waals surface area contributed by atoms with Gasteiger partial charge in [-0.2, -0.15) is 0 Å². The van der Waals surface area contributed by atoms with Crippen LogP contribution >= 0.6 is 0 Å². The fraction of sp³-hybridized carbons (Fsp3) is 0.227. The van der Waals surface area contributed by atoms with E-state index in [1.165, 1.54) is 18.8 Å². The Kier molecular flexibility index (Phi) is 6.61. The van der Waals surface area contributed by atoms with Crippen LogP contribution in [0.2, 0.25) is 0 Å². The van der Waals surface area contributed by atoms with Gasteiger partial charge in [-0.1, -0.05) is 29.9 Å². The maximum Gasteiger partial charge on any atom is 0.189 e. The van der Waals surface area contributed by atoms with Crippen molar-refractivity contribution in [3.05, 3.63) is 70.8 Å². The lowest BCUT2D eigenvalue weighted by Crippen LogP contribution is -2.02. The van der Waals surface area contributed by atoms with Crippen LogP contribution in [-0.2, 0) is 6.42 Å². The Hall–Kier alpha value is -3.01. The third-order valence-corrected chi connectivity index (χ3v) is 3.92. The Labute approximate surface area is 154 Å². The van der Waals surface area contributed by atoms with Crippen molar-refractivity contribution in [3.63, 3.8) is 0 Å². The summed E-state index contributed by atoms with van der Waals surface area (Å²) >= 11 is 0. The largest absolute Gasteiger partial charge is 0.508 e. The van der Waals surface area contributed by atoms with Gasteiger partial charge in [-0.25, -0.2) is 0 Å². The second kappa shape index (κ2) is 8.90. The summed E-state index contributed by atoms with van der Waals surface area (Å²) in [5, 5.41) is 9.33. The second-order valence-electron chi connectivity index (χ2n) is 6.14. The van der Waals surface area contributed by atoms with Gasteiger partial charge >= 0.3 is 0 Å². The van der Waals surface area contributed by atoms with Crippen molar-refractivity contribution in [2.45, 2.75) is 20.3 Å². The molecule has 0 bridgehead atoms. The molecule has 0 spiro atoms. The number of hydrogen-bond donors (Lipinski definition) is 1. The summed E-state index contributed by atoms with van der Waals surface area (Å²) in [5.41, 5.74) is 3.44. The Bertz CT molecular complexity index is 826. The first kappa shape index (κ1) is 19.3. The molecule has 0 atom stereocenters. The fourth-order valence-electron chi connectivity index (χ4n) is 2.48. The second-order valence-corrected chi connectivity index (χ2v) is 6.14. The highest BCUT2D eigenvalue weighted by Crippen LogP contribution is 2.30. The zero-order chi connectivity index (χ0) is 19.1. The fourth-order valence-corrected chi connectivity index (χ4v) is 2.48. The number of rotatable bonds is 7. The first-order valence-electron chi connectivity index (χ1n) is 8.34. The van der Waals surface area contributed by atoms with Gasteiger partial charge in [-0.15, -0.1) is 0 Å². The zero-order valence-corrected chi connectivity index (χ0v) is 15.6. The summed E-state index contributed by atoms with van der Waals surface area (Å²) in [7, 11) is 3.14. The highest BCUT2D eigenvalue weighted by atomic mass is 16.5. The molecule has 0 amide bonds. The summed E-state index contributed by atoms with van der Waals surface area (Å²) in [6, 6.07) is 10.2. The molecule has 0 fully saturated rings. The van der Waals surface area contributed by atoms with Gasteiger partial charge in [0.15, 0.2) is 5.78 Å². The predicted molar refractivity (Wildman–Crippen MR) is 104 cm³/mol. The van der Waals surface area contributed by atoms with Gasteiger partial charge < -0.3 is 14.6 Å². The van der Waals surface area contributed by atoms with E-state index < -0.39 is 0 Å². The number of phenols is 1. The van der Waals surface area contributed by atoms with Crippen LogP contribution in [0.25, 0.3) is 6.08 Å². The summed E-state index contributed by atoms with van der Waals surface area (Å²) in [6.45, 7) is 4.06. The minimum atomic E-state index is -0.156. The summed E-state index contributed by atoms with van der Waals surface area (Å²) in [6.07, 6.45) is 5.98. The number of allylic oxidation sites excluding steroid dienone is 3. The molecule has 2 aromatic carbocycles. The highest BCUT2D eigenvalue weighted by molar-refractivity contribution is 6.09. The highest BCUT2D eigenvalue weighted by Gasteiger charge is 2.15. The molecule has 2 aromatic rings. The zero-order valence-electron chi connectivity index (χ0n) is 15.6. The average Bonchev–Trinajstić information content (AvgIpc) is 2.64. The molecule has 1 N–H and O–H groups in total. The summed E-state index contributed by atoms with van der Waals surface area (Å²) in [5.74, 6) is 1.20. The molecule has 4 nitrogen and oxygen atoms in total. The van der Waals surface area contributed by atoms with E-state index in [0.717, 1.165) is 11.1 Å². The lowest BCUT2D eigenvalue weighted by molar-refractivity contribution is 0.104. The molecule has 26 heavy (non-hydrogen) atoms. The van der Waals surface area contributed by atoms with E-state index in [4.69, 9.17) is 9.47 Å². The molecule has 0 aliphatic heterocycles. The van der Waals surface area contributed by atoms with Gasteiger partial charge in [0.1, 0.15) is 17.2 Å². The van der Waals surface area contributed by atoms with Gasteiger partial charge in [0.2, 0.25) is 0 Å². The lowest BCUT2D eigenvalue weighted by atomic mass is 10.0.